The van der Waals surface area contributed by atoms with Crippen LogP contribution in [0.3, 0.4) is 0 Å². The van der Waals surface area contributed by atoms with Crippen molar-refractivity contribution in [3.05, 3.63) is 47.0 Å². The molecule has 0 radical (unpaired) electrons. The maximum absolute atomic E-state index is 12.3. The highest BCUT2D eigenvalue weighted by Crippen LogP contribution is 2.34. The van der Waals surface area contributed by atoms with Crippen LogP contribution in [0.25, 0.3) is 0 Å². The van der Waals surface area contributed by atoms with Crippen molar-refractivity contribution in [2.75, 3.05) is 5.75 Å². The van der Waals surface area contributed by atoms with Gasteiger partial charge in [0.05, 0.1) is 0 Å². The molecule has 2 rings (SSSR count). The number of hydrogen-bond acceptors (Lipinski definition) is 2. The number of hydrogen-bond donors (Lipinski definition) is 0. The fourth-order valence-electron chi connectivity index (χ4n) is 2.29. The van der Waals surface area contributed by atoms with Crippen LogP contribution in [-0.4, -0.2) is 21.9 Å². The molecule has 0 N–H and O–H groups in total. The largest absolute Gasteiger partial charge is 0.319 e. The van der Waals surface area contributed by atoms with Crippen LogP contribution in [0.2, 0.25) is 0 Å². The lowest BCUT2D eigenvalue weighted by atomic mass is 10.2. The molecule has 3 heteroatoms. The van der Waals surface area contributed by atoms with Gasteiger partial charge < -0.3 is 4.90 Å². The molecule has 19 heavy (non-hydrogen) atoms. The summed E-state index contributed by atoms with van der Waals surface area (Å²) in [6.07, 6.45) is 1.14. The average Bonchev–Trinajstić information content (AvgIpc) is 2.63. The molecule has 1 aliphatic heterocycles. The van der Waals surface area contributed by atoms with Gasteiger partial charge in [-0.1, -0.05) is 37.3 Å². The summed E-state index contributed by atoms with van der Waals surface area (Å²) < 4.78 is 0. The highest BCUT2D eigenvalue weighted by Gasteiger charge is 2.34. The summed E-state index contributed by atoms with van der Waals surface area (Å²) in [5.41, 5.74) is 3.34. The molecule has 1 amide bonds. The van der Waals surface area contributed by atoms with E-state index in [0.717, 1.165) is 17.7 Å². The SMILES string of the molecule is CCCS[C@@H]1C(C)=C(C)C(=O)N1Cc1ccccc1. The van der Waals surface area contributed by atoms with Crippen molar-refractivity contribution in [1.29, 1.82) is 0 Å². The zero-order chi connectivity index (χ0) is 13.8. The summed E-state index contributed by atoms with van der Waals surface area (Å²) in [4.78, 5) is 14.3. The van der Waals surface area contributed by atoms with Crippen LogP contribution in [0.15, 0.2) is 41.5 Å². The Bertz CT molecular complexity index is 481. The second-order valence-corrected chi connectivity index (χ2v) is 6.14. The maximum atomic E-state index is 12.3. The summed E-state index contributed by atoms with van der Waals surface area (Å²) in [5.74, 6) is 1.28. The second-order valence-electron chi connectivity index (χ2n) is 4.95. The van der Waals surface area contributed by atoms with E-state index in [0.29, 0.717) is 6.54 Å². The number of rotatable bonds is 5. The molecule has 0 aliphatic carbocycles. The van der Waals surface area contributed by atoms with E-state index in [1.807, 2.05) is 41.8 Å². The predicted octanol–water partition coefficient (Wildman–Crippen LogP) is 3.83. The van der Waals surface area contributed by atoms with E-state index in [1.54, 1.807) is 0 Å². The Morgan fingerprint density at radius 3 is 2.53 bits per heavy atom. The maximum Gasteiger partial charge on any atom is 0.251 e. The van der Waals surface area contributed by atoms with Crippen LogP contribution in [-0.2, 0) is 11.3 Å². The number of nitrogens with zero attached hydrogens (tertiary/aromatic N) is 1. The van der Waals surface area contributed by atoms with E-state index < -0.39 is 0 Å². The lowest BCUT2D eigenvalue weighted by Gasteiger charge is -2.26. The topological polar surface area (TPSA) is 20.3 Å². The third-order valence-electron chi connectivity index (χ3n) is 3.50. The van der Waals surface area contributed by atoms with Crippen LogP contribution in [0.4, 0.5) is 0 Å². The molecule has 0 spiro atoms. The van der Waals surface area contributed by atoms with E-state index in [4.69, 9.17) is 0 Å². The van der Waals surface area contributed by atoms with E-state index in [9.17, 15) is 4.79 Å². The quantitative estimate of drug-likeness (QED) is 0.814. The summed E-state index contributed by atoms with van der Waals surface area (Å²) in [6.45, 7) is 6.92. The van der Waals surface area contributed by atoms with Crippen LogP contribution in [0.5, 0.6) is 0 Å². The molecule has 0 unspecified atom stereocenters. The predicted molar refractivity (Wildman–Crippen MR) is 81.9 cm³/mol. The second kappa shape index (κ2) is 6.29. The lowest BCUT2D eigenvalue weighted by Crippen LogP contribution is -2.33. The highest BCUT2D eigenvalue weighted by molar-refractivity contribution is 8.00. The number of thioether (sulfide) groups is 1. The zero-order valence-corrected chi connectivity index (χ0v) is 12.7. The minimum absolute atomic E-state index is 0.190. The summed E-state index contributed by atoms with van der Waals surface area (Å²) in [7, 11) is 0. The van der Waals surface area contributed by atoms with Gasteiger partial charge in [-0.25, -0.2) is 0 Å². The normalized spacial score (nSPS) is 19.4. The van der Waals surface area contributed by atoms with E-state index in [1.165, 1.54) is 11.1 Å². The molecular weight excluding hydrogens is 254 g/mol. The van der Waals surface area contributed by atoms with Crippen molar-refractivity contribution >= 4 is 17.7 Å². The number of amides is 1. The molecule has 0 bridgehead atoms. The van der Waals surface area contributed by atoms with Crippen LogP contribution in [0, 0.1) is 0 Å². The molecule has 1 aliphatic rings. The Morgan fingerprint density at radius 1 is 1.21 bits per heavy atom. The molecule has 1 aromatic carbocycles. The number of carbonyl (C=O) groups excluding carboxylic acids is 1. The van der Waals surface area contributed by atoms with Gasteiger partial charge >= 0.3 is 0 Å². The average molecular weight is 275 g/mol. The molecule has 0 aromatic heterocycles. The van der Waals surface area contributed by atoms with E-state index >= 15 is 0 Å². The van der Waals surface area contributed by atoms with Crippen molar-refractivity contribution in [2.24, 2.45) is 0 Å². The molecule has 1 heterocycles. The molecule has 1 atom stereocenters. The van der Waals surface area contributed by atoms with Gasteiger partial charge in [-0.2, -0.15) is 0 Å². The minimum Gasteiger partial charge on any atom is -0.319 e. The third kappa shape index (κ3) is 3.03. The van der Waals surface area contributed by atoms with E-state index in [-0.39, 0.29) is 11.3 Å². The van der Waals surface area contributed by atoms with Gasteiger partial charge in [0.15, 0.2) is 0 Å². The minimum atomic E-state index is 0.190. The Labute approximate surface area is 119 Å². The number of benzene rings is 1. The van der Waals surface area contributed by atoms with Crippen molar-refractivity contribution in [3.8, 4) is 0 Å². The van der Waals surface area contributed by atoms with Crippen LogP contribution in [0.1, 0.15) is 32.8 Å². The molecule has 102 valence electrons. The zero-order valence-electron chi connectivity index (χ0n) is 11.8. The van der Waals surface area contributed by atoms with Gasteiger partial charge in [-0.15, -0.1) is 11.8 Å². The third-order valence-corrected chi connectivity index (χ3v) is 5.07. The molecule has 0 saturated carbocycles. The van der Waals surface area contributed by atoms with Gasteiger partial charge in [0.25, 0.3) is 5.91 Å². The Hall–Kier alpha value is -1.22. The van der Waals surface area contributed by atoms with Gasteiger partial charge in [0.1, 0.15) is 5.37 Å². The van der Waals surface area contributed by atoms with Crippen molar-refractivity contribution in [3.63, 3.8) is 0 Å². The summed E-state index contributed by atoms with van der Waals surface area (Å²) >= 11 is 1.87. The first-order valence-corrected chi connectivity index (χ1v) is 7.84. The molecular formula is C16H21NOS. The smallest absolute Gasteiger partial charge is 0.251 e. The summed E-state index contributed by atoms with van der Waals surface area (Å²) in [5, 5.41) is 0.215. The van der Waals surface area contributed by atoms with Crippen LogP contribution < -0.4 is 0 Å². The van der Waals surface area contributed by atoms with E-state index in [2.05, 4.69) is 26.0 Å². The highest BCUT2D eigenvalue weighted by atomic mass is 32.2. The first-order valence-electron chi connectivity index (χ1n) is 6.79. The Kier molecular flexibility index (Phi) is 4.70. The first kappa shape index (κ1) is 14.2. The van der Waals surface area contributed by atoms with Gasteiger partial charge in [0.2, 0.25) is 0 Å². The monoisotopic (exact) mass is 275 g/mol. The number of carbonyl (C=O) groups is 1. The van der Waals surface area contributed by atoms with Gasteiger partial charge in [-0.05, 0) is 37.2 Å². The van der Waals surface area contributed by atoms with Gasteiger partial charge in [-0.3, -0.25) is 4.79 Å². The van der Waals surface area contributed by atoms with Crippen molar-refractivity contribution < 1.29 is 4.79 Å². The van der Waals surface area contributed by atoms with Crippen molar-refractivity contribution in [2.45, 2.75) is 39.1 Å². The Morgan fingerprint density at radius 2 is 1.89 bits per heavy atom. The Balaban J connectivity index is 2.16. The standard InChI is InChI=1S/C16H21NOS/c1-4-10-19-16-13(3)12(2)15(18)17(16)11-14-8-6-5-7-9-14/h5-9,16H,4,10-11H2,1-3H3/t16-/m1/s1. The molecule has 0 saturated heterocycles. The fourth-order valence-corrected chi connectivity index (χ4v) is 3.52. The van der Waals surface area contributed by atoms with Gasteiger partial charge in [0, 0.05) is 12.1 Å². The van der Waals surface area contributed by atoms with Crippen LogP contribution >= 0.6 is 11.8 Å². The first-order chi connectivity index (χ1) is 9.15. The van der Waals surface area contributed by atoms with Crippen molar-refractivity contribution in [1.82, 2.24) is 4.90 Å². The summed E-state index contributed by atoms with van der Waals surface area (Å²) in [6, 6.07) is 10.2. The molecule has 2 nitrogen and oxygen atoms in total. The molecule has 0 fully saturated rings. The molecule has 1 aromatic rings. The lowest BCUT2D eigenvalue weighted by molar-refractivity contribution is -0.126. The fraction of sp³-hybridized carbons (Fsp3) is 0.438.